The Hall–Kier alpha value is -6.12. The van der Waals surface area contributed by atoms with Crippen molar-refractivity contribution < 1.29 is 24.0 Å². The van der Waals surface area contributed by atoms with Crippen LogP contribution in [0.2, 0.25) is 0 Å². The molecule has 57 heavy (non-hydrogen) atoms. The number of amides is 4. The Labute approximate surface area is 338 Å². The van der Waals surface area contributed by atoms with Crippen molar-refractivity contribution in [3.63, 3.8) is 0 Å². The Morgan fingerprint density at radius 1 is 0.561 bits per heavy atom. The van der Waals surface area contributed by atoms with Crippen LogP contribution in [0.25, 0.3) is 0 Å². The van der Waals surface area contributed by atoms with E-state index in [9.17, 15) is 24.0 Å². The Morgan fingerprint density at radius 2 is 0.947 bits per heavy atom. The van der Waals surface area contributed by atoms with E-state index in [1.165, 1.54) is 54.3 Å². The predicted molar refractivity (Wildman–Crippen MR) is 233 cm³/mol. The van der Waals surface area contributed by atoms with Crippen LogP contribution >= 0.6 is 0 Å². The molecule has 14 heteroatoms. The number of Topliss-reactive ketones (excluding diaryl/α,β-unsaturated/α-hetero) is 1. The summed E-state index contributed by atoms with van der Waals surface area (Å²) in [4.78, 5) is 69.2. The molecule has 0 saturated carbocycles. The van der Waals surface area contributed by atoms with E-state index < -0.39 is 0 Å². The summed E-state index contributed by atoms with van der Waals surface area (Å²) >= 11 is 0. The first kappa shape index (κ1) is 50.9. The van der Waals surface area contributed by atoms with Crippen molar-refractivity contribution in [3.05, 3.63) is 107 Å². The summed E-state index contributed by atoms with van der Waals surface area (Å²) < 4.78 is 0. The number of nitrogens with two attached hydrogens (primary N) is 1. The smallest absolute Gasteiger partial charge is 0.222 e. The van der Waals surface area contributed by atoms with Gasteiger partial charge in [-0.05, 0) is 98.7 Å². The Kier molecular flexibility index (Phi) is 25.3. The summed E-state index contributed by atoms with van der Waals surface area (Å²) in [6.07, 6.45) is 3.34. The number of ketones is 1. The molecule has 4 aromatic rings. The first-order valence-corrected chi connectivity index (χ1v) is 18.3. The van der Waals surface area contributed by atoms with Crippen LogP contribution in [0.15, 0.2) is 90.2 Å². The van der Waals surface area contributed by atoms with E-state index >= 15 is 0 Å². The van der Waals surface area contributed by atoms with Crippen LogP contribution in [0.1, 0.15) is 96.8 Å². The highest BCUT2D eigenvalue weighted by Gasteiger charge is 2.02. The van der Waals surface area contributed by atoms with Crippen LogP contribution in [-0.4, -0.2) is 69.6 Å². The van der Waals surface area contributed by atoms with E-state index in [4.69, 9.17) is 5.73 Å². The van der Waals surface area contributed by atoms with Gasteiger partial charge < -0.3 is 31.9 Å². The summed E-state index contributed by atoms with van der Waals surface area (Å²) in [6.45, 7) is 20.4. The monoisotopic (exact) mass is 783 g/mol. The number of anilines is 4. The standard InChI is InChI=1S/C18H20N4O2.C10H11NO2.C8H11N3O.C6H15N.CH4/c1-12(16-5-7-17(8-6-16)21-13(2)23)19-10-15-4-9-18(20-11-15)22-14(3)24;1-7(12)9-3-5-10(6-4-9)11-8(2)13;1-6(12)11-8-3-2-7(4-9)5-10-8;1-4-7(5-2)6-3;/h4-9,11H,10H2,1-3H3,(H,21,23)(H,20,22,24);3-6H,1-2H3,(H,11,13);2-3,5H,4,9H2,1H3,(H,10,11,12);4-6H2,1-3H3;1H4. The molecule has 2 aromatic heterocycles. The minimum absolute atomic E-state index is 0. The highest BCUT2D eigenvalue weighted by atomic mass is 16.2. The van der Waals surface area contributed by atoms with Crippen molar-refractivity contribution in [2.75, 3.05) is 40.9 Å². The number of hydrogen-bond donors (Lipinski definition) is 5. The van der Waals surface area contributed by atoms with Crippen LogP contribution in [0.4, 0.5) is 23.0 Å². The van der Waals surface area contributed by atoms with Gasteiger partial charge in [-0.15, -0.1) is 0 Å². The third-order valence-electron chi connectivity index (χ3n) is 7.57. The van der Waals surface area contributed by atoms with Gasteiger partial charge in [-0.1, -0.05) is 52.5 Å². The number of carbonyl (C=O) groups is 5. The zero-order valence-corrected chi connectivity index (χ0v) is 34.0. The number of pyridine rings is 2. The average molecular weight is 784 g/mol. The number of hydrogen-bond acceptors (Lipinski definition) is 10. The van der Waals surface area contributed by atoms with E-state index in [0.29, 0.717) is 36.0 Å². The van der Waals surface area contributed by atoms with Crippen LogP contribution in [0.5, 0.6) is 0 Å². The number of nitrogens with zero attached hydrogens (tertiary/aromatic N) is 4. The molecule has 0 atom stereocenters. The van der Waals surface area contributed by atoms with Crippen LogP contribution in [-0.2, 0) is 32.3 Å². The third kappa shape index (κ3) is 22.8. The molecule has 0 aliphatic rings. The summed E-state index contributed by atoms with van der Waals surface area (Å²) in [7, 11) is 0. The molecule has 14 nitrogen and oxygen atoms in total. The van der Waals surface area contributed by atoms with Crippen LogP contribution in [0, 0.1) is 0 Å². The Balaban J connectivity index is 0.000000806. The van der Waals surface area contributed by atoms with E-state index in [0.717, 1.165) is 28.1 Å². The van der Waals surface area contributed by atoms with Gasteiger partial charge in [0.05, 0.1) is 6.54 Å². The van der Waals surface area contributed by atoms with Gasteiger partial charge in [0, 0.05) is 69.3 Å². The SMILES string of the molecule is C.CC(=O)Nc1ccc(C(C)=NCc2ccc(NC(C)=O)nc2)cc1.CC(=O)Nc1ccc(C(C)=O)cc1.CC(=O)Nc1ccc(CN)cn1.CCN(CC)CC. The van der Waals surface area contributed by atoms with Gasteiger partial charge in [0.1, 0.15) is 11.6 Å². The number of carbonyl (C=O) groups excluding carboxylic acids is 5. The fourth-order valence-electron chi connectivity index (χ4n) is 4.53. The van der Waals surface area contributed by atoms with Crippen molar-refractivity contribution in [3.8, 4) is 0 Å². The van der Waals surface area contributed by atoms with Crippen molar-refractivity contribution in [1.29, 1.82) is 0 Å². The largest absolute Gasteiger partial charge is 0.326 e. The first-order chi connectivity index (χ1) is 26.6. The molecule has 4 amide bonds. The van der Waals surface area contributed by atoms with Crippen molar-refractivity contribution in [2.45, 2.75) is 82.8 Å². The lowest BCUT2D eigenvalue weighted by atomic mass is 10.1. The van der Waals surface area contributed by atoms with Gasteiger partial charge in [0.25, 0.3) is 0 Å². The molecule has 2 heterocycles. The molecule has 0 fully saturated rings. The van der Waals surface area contributed by atoms with Crippen LogP contribution in [0.3, 0.4) is 0 Å². The second kappa shape index (κ2) is 28.3. The lowest BCUT2D eigenvalue weighted by Crippen LogP contribution is -2.21. The molecule has 0 aliphatic heterocycles. The quantitative estimate of drug-likeness (QED) is 0.0720. The third-order valence-corrected chi connectivity index (χ3v) is 7.57. The predicted octanol–water partition coefficient (Wildman–Crippen LogP) is 7.34. The maximum Gasteiger partial charge on any atom is 0.222 e. The number of aliphatic imine (C=N–C) groups is 1. The zero-order valence-electron chi connectivity index (χ0n) is 34.0. The van der Waals surface area contributed by atoms with E-state index in [-0.39, 0.29) is 36.8 Å². The topological polar surface area (TPSA) is 201 Å². The van der Waals surface area contributed by atoms with Crippen molar-refractivity contribution in [2.24, 2.45) is 10.7 Å². The van der Waals surface area contributed by atoms with Gasteiger partial charge in [-0.2, -0.15) is 0 Å². The molecule has 0 unspecified atom stereocenters. The highest BCUT2D eigenvalue weighted by Crippen LogP contribution is 2.13. The van der Waals surface area contributed by atoms with Crippen molar-refractivity contribution in [1.82, 2.24) is 14.9 Å². The van der Waals surface area contributed by atoms with Gasteiger partial charge >= 0.3 is 0 Å². The van der Waals surface area contributed by atoms with Gasteiger partial charge in [-0.25, -0.2) is 9.97 Å². The first-order valence-electron chi connectivity index (χ1n) is 18.3. The van der Waals surface area contributed by atoms with E-state index in [1.807, 2.05) is 43.3 Å². The molecule has 4 rings (SSSR count). The molecule has 0 bridgehead atoms. The van der Waals surface area contributed by atoms with Crippen molar-refractivity contribution >= 4 is 58.1 Å². The molecule has 308 valence electrons. The molecule has 2 aromatic carbocycles. The summed E-state index contributed by atoms with van der Waals surface area (Å²) in [5.74, 6) is 0.628. The molecule has 0 spiro atoms. The summed E-state index contributed by atoms with van der Waals surface area (Å²) in [5.41, 5.74) is 11.3. The van der Waals surface area contributed by atoms with Gasteiger partial charge in [-0.3, -0.25) is 29.0 Å². The zero-order chi connectivity index (χ0) is 42.0. The molecular formula is C43H61N9O5. The lowest BCUT2D eigenvalue weighted by Gasteiger charge is -2.13. The van der Waals surface area contributed by atoms with E-state index in [1.54, 1.807) is 48.8 Å². The second-order valence-electron chi connectivity index (χ2n) is 12.3. The normalized spacial score (nSPS) is 10.1. The number of rotatable bonds is 12. The van der Waals surface area contributed by atoms with E-state index in [2.05, 4.69) is 61.9 Å². The number of nitrogens with one attached hydrogen (secondary N) is 4. The maximum absolute atomic E-state index is 11.0. The second-order valence-corrected chi connectivity index (χ2v) is 12.3. The molecule has 0 saturated heterocycles. The molecule has 0 radical (unpaired) electrons. The fourth-order valence-corrected chi connectivity index (χ4v) is 4.53. The molecular weight excluding hydrogens is 723 g/mol. The average Bonchev–Trinajstić information content (AvgIpc) is 3.16. The summed E-state index contributed by atoms with van der Waals surface area (Å²) in [5, 5.41) is 10.5. The fraction of sp³-hybridized carbons (Fsp3) is 0.349. The van der Waals surface area contributed by atoms with Gasteiger partial charge in [0.15, 0.2) is 5.78 Å². The van der Waals surface area contributed by atoms with Crippen LogP contribution < -0.4 is 27.0 Å². The maximum atomic E-state index is 11.0. The Bertz CT molecular complexity index is 1830. The molecule has 0 aliphatic carbocycles. The highest BCUT2D eigenvalue weighted by molar-refractivity contribution is 5.99. The minimum Gasteiger partial charge on any atom is -0.326 e. The summed E-state index contributed by atoms with van der Waals surface area (Å²) in [6, 6.07) is 21.5. The lowest BCUT2D eigenvalue weighted by molar-refractivity contribution is -0.115. The minimum atomic E-state index is -0.146. The number of aromatic nitrogens is 2. The Morgan fingerprint density at radius 3 is 1.25 bits per heavy atom. The van der Waals surface area contributed by atoms with Gasteiger partial charge in [0.2, 0.25) is 23.6 Å². The molecule has 6 N–H and O–H groups in total. The number of benzene rings is 2.